The third kappa shape index (κ3) is 4.86. The number of hydrogen-bond acceptors (Lipinski definition) is 3. The van der Waals surface area contributed by atoms with E-state index in [2.05, 4.69) is 0 Å². The first-order chi connectivity index (χ1) is 10.9. The van der Waals surface area contributed by atoms with Gasteiger partial charge in [0.1, 0.15) is 12.4 Å². The zero-order valence-electron chi connectivity index (χ0n) is 13.4. The second-order valence-corrected chi connectivity index (χ2v) is 6.89. The van der Waals surface area contributed by atoms with E-state index < -0.39 is 5.97 Å². The maximum Gasteiger partial charge on any atom is 0.335 e. The molecule has 0 unspecified atom stereocenters. The van der Waals surface area contributed by atoms with Gasteiger partial charge in [0, 0.05) is 13.0 Å². The predicted molar refractivity (Wildman–Crippen MR) is 88.1 cm³/mol. The molecule has 2 atom stereocenters. The smallest absolute Gasteiger partial charge is 0.335 e. The van der Waals surface area contributed by atoms with Crippen molar-refractivity contribution in [2.75, 3.05) is 13.2 Å². The van der Waals surface area contributed by atoms with Crippen molar-refractivity contribution < 1.29 is 19.4 Å². The number of aromatic carboxylic acids is 1. The molecule has 1 aromatic rings. The summed E-state index contributed by atoms with van der Waals surface area (Å²) in [6.07, 6.45) is 1.21. The molecule has 0 saturated carbocycles. The molecule has 5 nitrogen and oxygen atoms in total. The Bertz CT molecular complexity index is 558. The molecule has 1 aliphatic heterocycles. The van der Waals surface area contributed by atoms with E-state index in [1.165, 1.54) is 12.1 Å². The molecule has 1 heterocycles. The molecule has 0 aliphatic carbocycles. The van der Waals surface area contributed by atoms with E-state index in [4.69, 9.17) is 21.4 Å². The number of alkyl halides is 1. The molecule has 1 fully saturated rings. The molecular formula is C17H22ClNO4. The fourth-order valence-electron chi connectivity index (χ4n) is 2.68. The average molecular weight is 340 g/mol. The van der Waals surface area contributed by atoms with Gasteiger partial charge in [-0.05, 0) is 36.6 Å². The fourth-order valence-corrected chi connectivity index (χ4v) is 3.03. The van der Waals surface area contributed by atoms with Gasteiger partial charge in [-0.1, -0.05) is 13.8 Å². The summed E-state index contributed by atoms with van der Waals surface area (Å²) in [7, 11) is 0. The molecule has 1 aliphatic rings. The summed E-state index contributed by atoms with van der Waals surface area (Å²) >= 11 is 6.20. The molecule has 0 spiro atoms. The first kappa shape index (κ1) is 17.6. The second-order valence-electron chi connectivity index (χ2n) is 6.27. The van der Waals surface area contributed by atoms with Gasteiger partial charge in [0.05, 0.1) is 17.0 Å². The van der Waals surface area contributed by atoms with Crippen LogP contribution in [0.3, 0.4) is 0 Å². The second kappa shape index (κ2) is 7.68. The van der Waals surface area contributed by atoms with Gasteiger partial charge in [-0.3, -0.25) is 4.79 Å². The lowest BCUT2D eigenvalue weighted by Crippen LogP contribution is -2.39. The van der Waals surface area contributed by atoms with Crippen LogP contribution < -0.4 is 4.74 Å². The van der Waals surface area contributed by atoms with Crippen molar-refractivity contribution in [3.8, 4) is 5.75 Å². The number of carboxylic acid groups (broad SMARTS) is 1. The van der Waals surface area contributed by atoms with Crippen LogP contribution in [0.5, 0.6) is 5.75 Å². The Balaban J connectivity index is 1.94. The van der Waals surface area contributed by atoms with Gasteiger partial charge < -0.3 is 14.7 Å². The lowest BCUT2D eigenvalue weighted by molar-refractivity contribution is -0.133. The van der Waals surface area contributed by atoms with E-state index in [-0.39, 0.29) is 22.9 Å². The van der Waals surface area contributed by atoms with E-state index in [1.54, 1.807) is 12.1 Å². The summed E-state index contributed by atoms with van der Waals surface area (Å²) in [5, 5.41) is 8.83. The van der Waals surface area contributed by atoms with Gasteiger partial charge >= 0.3 is 5.97 Å². The minimum Gasteiger partial charge on any atom is -0.491 e. The van der Waals surface area contributed by atoms with E-state index in [0.717, 1.165) is 0 Å². The highest BCUT2D eigenvalue weighted by molar-refractivity contribution is 6.21. The number of carbonyl (C=O) groups is 2. The van der Waals surface area contributed by atoms with Gasteiger partial charge in [0.2, 0.25) is 5.91 Å². The third-order valence-electron chi connectivity index (χ3n) is 3.81. The van der Waals surface area contributed by atoms with Crippen molar-refractivity contribution >= 4 is 23.5 Å². The van der Waals surface area contributed by atoms with Crippen molar-refractivity contribution in [2.24, 2.45) is 5.92 Å². The molecule has 126 valence electrons. The van der Waals surface area contributed by atoms with Crippen LogP contribution in [0, 0.1) is 5.92 Å². The Morgan fingerprint density at radius 1 is 1.35 bits per heavy atom. The van der Waals surface area contributed by atoms with E-state index in [1.807, 2.05) is 18.7 Å². The normalized spacial score (nSPS) is 20.8. The van der Waals surface area contributed by atoms with Crippen LogP contribution in [0.4, 0.5) is 0 Å². The molecule has 0 bridgehead atoms. The van der Waals surface area contributed by atoms with E-state index in [0.29, 0.717) is 37.7 Å². The number of benzene rings is 1. The summed E-state index contributed by atoms with van der Waals surface area (Å²) in [6, 6.07) is 6.20. The highest BCUT2D eigenvalue weighted by Gasteiger charge is 2.34. The summed E-state index contributed by atoms with van der Waals surface area (Å²) in [4.78, 5) is 24.9. The SMILES string of the molecule is CC(C)CC(=O)N1C[C@H](Cl)C[C@H]1COc1ccc(C(=O)O)cc1. The molecule has 1 aromatic carbocycles. The highest BCUT2D eigenvalue weighted by atomic mass is 35.5. The summed E-state index contributed by atoms with van der Waals surface area (Å²) in [5.74, 6) is 0.0343. The first-order valence-electron chi connectivity index (χ1n) is 7.76. The van der Waals surface area contributed by atoms with Crippen molar-refractivity contribution in [1.29, 1.82) is 0 Å². The average Bonchev–Trinajstić information content (AvgIpc) is 2.86. The molecule has 1 saturated heterocycles. The van der Waals surface area contributed by atoms with Crippen LogP contribution in [0.2, 0.25) is 0 Å². The third-order valence-corrected chi connectivity index (χ3v) is 4.13. The van der Waals surface area contributed by atoms with Gasteiger partial charge in [-0.2, -0.15) is 0 Å². The van der Waals surface area contributed by atoms with E-state index in [9.17, 15) is 9.59 Å². The number of nitrogens with zero attached hydrogens (tertiary/aromatic N) is 1. The summed E-state index contributed by atoms with van der Waals surface area (Å²) in [5.41, 5.74) is 0.216. The number of halogens is 1. The number of carbonyl (C=O) groups excluding carboxylic acids is 1. The number of hydrogen-bond donors (Lipinski definition) is 1. The van der Waals surface area contributed by atoms with E-state index >= 15 is 0 Å². The number of likely N-dealkylation sites (tertiary alicyclic amines) is 1. The monoisotopic (exact) mass is 339 g/mol. The largest absolute Gasteiger partial charge is 0.491 e. The zero-order valence-corrected chi connectivity index (χ0v) is 14.1. The Morgan fingerprint density at radius 3 is 2.57 bits per heavy atom. The number of ether oxygens (including phenoxy) is 1. The van der Waals surface area contributed by atoms with Gasteiger partial charge in [0.15, 0.2) is 0 Å². The summed E-state index contributed by atoms with van der Waals surface area (Å²) in [6.45, 7) is 4.95. The van der Waals surface area contributed by atoms with Crippen molar-refractivity contribution in [3.63, 3.8) is 0 Å². The van der Waals surface area contributed by atoms with Crippen LogP contribution in [0.25, 0.3) is 0 Å². The van der Waals surface area contributed by atoms with Crippen molar-refractivity contribution in [2.45, 2.75) is 38.1 Å². The molecule has 0 radical (unpaired) electrons. The lowest BCUT2D eigenvalue weighted by atomic mass is 10.1. The van der Waals surface area contributed by atoms with Gasteiger partial charge in [-0.15, -0.1) is 11.6 Å². The maximum atomic E-state index is 12.3. The van der Waals surface area contributed by atoms with Gasteiger partial charge in [0.25, 0.3) is 0 Å². The molecule has 1 amide bonds. The Kier molecular flexibility index (Phi) is 5.88. The predicted octanol–water partition coefficient (Wildman–Crippen LogP) is 3.02. The molecule has 2 rings (SSSR count). The number of rotatable bonds is 6. The van der Waals surface area contributed by atoms with Crippen LogP contribution in [-0.4, -0.2) is 46.5 Å². The number of amides is 1. The Hall–Kier alpha value is -1.75. The quantitative estimate of drug-likeness (QED) is 0.809. The zero-order chi connectivity index (χ0) is 17.0. The van der Waals surface area contributed by atoms with Crippen molar-refractivity contribution in [3.05, 3.63) is 29.8 Å². The Morgan fingerprint density at radius 2 is 2.00 bits per heavy atom. The minimum atomic E-state index is -0.970. The molecule has 1 N–H and O–H groups in total. The van der Waals surface area contributed by atoms with Crippen LogP contribution in [-0.2, 0) is 4.79 Å². The topological polar surface area (TPSA) is 66.8 Å². The number of carboxylic acids is 1. The van der Waals surface area contributed by atoms with Gasteiger partial charge in [-0.25, -0.2) is 4.79 Å². The highest BCUT2D eigenvalue weighted by Crippen LogP contribution is 2.25. The molecular weight excluding hydrogens is 318 g/mol. The lowest BCUT2D eigenvalue weighted by Gasteiger charge is -2.25. The molecule has 0 aromatic heterocycles. The van der Waals surface area contributed by atoms with Crippen LogP contribution in [0.1, 0.15) is 37.0 Å². The van der Waals surface area contributed by atoms with Crippen LogP contribution >= 0.6 is 11.6 Å². The standard InChI is InChI=1S/C17H22ClNO4/c1-11(2)7-16(20)19-9-13(18)8-14(19)10-23-15-5-3-12(4-6-15)17(21)22/h3-6,11,13-14H,7-10H2,1-2H3,(H,21,22)/t13-,14+/m1/s1. The molecule has 6 heteroatoms. The maximum absolute atomic E-state index is 12.3. The van der Waals surface area contributed by atoms with Crippen molar-refractivity contribution in [1.82, 2.24) is 4.90 Å². The molecule has 23 heavy (non-hydrogen) atoms. The first-order valence-corrected chi connectivity index (χ1v) is 8.20. The Labute approximate surface area is 141 Å². The van der Waals surface area contributed by atoms with Crippen LogP contribution in [0.15, 0.2) is 24.3 Å². The minimum absolute atomic E-state index is 0.0390. The summed E-state index contributed by atoms with van der Waals surface area (Å²) < 4.78 is 5.71. The fraction of sp³-hybridized carbons (Fsp3) is 0.529.